The molecule has 1 amide bonds. The number of nitrogens with zero attached hydrogens (tertiary/aromatic N) is 2. The number of hydrogen-bond donors (Lipinski definition) is 1. The van der Waals surface area contributed by atoms with Gasteiger partial charge in [0.25, 0.3) is 0 Å². The molecular weight excluding hydrogens is 462 g/mol. The molecule has 0 atom stereocenters. The van der Waals surface area contributed by atoms with E-state index in [1.807, 2.05) is 6.07 Å². The molecule has 4 aromatic rings. The number of carbonyl (C=O) groups is 1. The third-order valence-corrected chi connectivity index (χ3v) is 7.10. The number of aromatic nitrogens is 1. The van der Waals surface area contributed by atoms with Crippen molar-refractivity contribution in [2.45, 2.75) is 32.9 Å². The molecule has 1 saturated heterocycles. The molecule has 1 aromatic heterocycles. The molecule has 1 aliphatic heterocycles. The summed E-state index contributed by atoms with van der Waals surface area (Å²) in [5.74, 6) is 0.215. The van der Waals surface area contributed by atoms with E-state index in [-0.39, 0.29) is 11.8 Å². The first-order valence-electron chi connectivity index (χ1n) is 11.4. The van der Waals surface area contributed by atoms with Gasteiger partial charge in [-0.05, 0) is 74.8 Å². The van der Waals surface area contributed by atoms with Gasteiger partial charge in [0.2, 0.25) is 5.91 Å². The van der Waals surface area contributed by atoms with E-state index >= 15 is 0 Å². The zero-order valence-electron chi connectivity index (χ0n) is 18.4. The van der Waals surface area contributed by atoms with E-state index in [2.05, 4.69) is 98.3 Å². The smallest absolute Gasteiger partial charge is 0.227 e. The van der Waals surface area contributed by atoms with Crippen molar-refractivity contribution in [2.24, 2.45) is 5.92 Å². The van der Waals surface area contributed by atoms with E-state index in [0.717, 1.165) is 49.2 Å². The van der Waals surface area contributed by atoms with Crippen molar-refractivity contribution in [1.29, 1.82) is 0 Å². The molecule has 1 N–H and O–H groups in total. The maximum Gasteiger partial charge on any atom is 0.227 e. The van der Waals surface area contributed by atoms with Crippen LogP contribution in [0, 0.1) is 5.92 Å². The van der Waals surface area contributed by atoms with Crippen LogP contribution in [0.4, 0.5) is 5.69 Å². The van der Waals surface area contributed by atoms with E-state index in [4.69, 9.17) is 0 Å². The van der Waals surface area contributed by atoms with Crippen molar-refractivity contribution in [3.05, 3.63) is 76.8 Å². The van der Waals surface area contributed by atoms with E-state index in [9.17, 15) is 4.79 Å². The van der Waals surface area contributed by atoms with Crippen molar-refractivity contribution in [3.63, 3.8) is 0 Å². The summed E-state index contributed by atoms with van der Waals surface area (Å²) in [4.78, 5) is 15.4. The molecule has 5 heteroatoms. The number of aryl methyl sites for hydroxylation is 1. The molecule has 4 nitrogen and oxygen atoms in total. The second-order valence-electron chi connectivity index (χ2n) is 8.66. The SMILES string of the molecule is CCn1c2ccccc2c2cc(NC(=O)C3CCN(Cc4cccc(Br)c4)CC3)ccc21. The van der Waals surface area contributed by atoms with Gasteiger partial charge in [0.15, 0.2) is 0 Å². The molecule has 3 aromatic carbocycles. The van der Waals surface area contributed by atoms with Gasteiger partial charge in [-0.2, -0.15) is 0 Å². The minimum Gasteiger partial charge on any atom is -0.341 e. The first kappa shape index (κ1) is 21.2. The van der Waals surface area contributed by atoms with Crippen molar-refractivity contribution < 1.29 is 4.79 Å². The number of halogens is 1. The zero-order chi connectivity index (χ0) is 22.1. The minimum atomic E-state index is 0.0708. The fourth-order valence-electron chi connectivity index (χ4n) is 4.96. The number of benzene rings is 3. The molecule has 2 heterocycles. The van der Waals surface area contributed by atoms with Gasteiger partial charge in [0, 0.05) is 51.0 Å². The number of para-hydroxylation sites is 1. The lowest BCUT2D eigenvalue weighted by Crippen LogP contribution is -2.37. The molecule has 0 unspecified atom stereocenters. The average Bonchev–Trinajstić information content (AvgIpc) is 3.12. The fraction of sp³-hybridized carbons (Fsp3) is 0.296. The molecule has 0 saturated carbocycles. The first-order chi connectivity index (χ1) is 15.6. The summed E-state index contributed by atoms with van der Waals surface area (Å²) < 4.78 is 3.44. The molecule has 0 spiro atoms. The van der Waals surface area contributed by atoms with Gasteiger partial charge in [-0.1, -0.05) is 46.3 Å². The Hall–Kier alpha value is -2.63. The van der Waals surface area contributed by atoms with E-state index in [1.54, 1.807) is 0 Å². The van der Waals surface area contributed by atoms with Gasteiger partial charge in [-0.25, -0.2) is 0 Å². The number of carbonyl (C=O) groups excluding carboxylic acids is 1. The molecule has 1 fully saturated rings. The molecular formula is C27H28BrN3O. The summed E-state index contributed by atoms with van der Waals surface area (Å²) in [6.45, 7) is 5.94. The van der Waals surface area contributed by atoms with E-state index in [1.165, 1.54) is 27.4 Å². The van der Waals surface area contributed by atoms with Gasteiger partial charge < -0.3 is 9.88 Å². The van der Waals surface area contributed by atoms with Crippen LogP contribution in [0.25, 0.3) is 21.8 Å². The number of hydrogen-bond acceptors (Lipinski definition) is 2. The number of likely N-dealkylation sites (tertiary alicyclic amines) is 1. The highest BCUT2D eigenvalue weighted by Crippen LogP contribution is 2.31. The Kier molecular flexibility index (Phi) is 6.03. The Morgan fingerprint density at radius 1 is 0.969 bits per heavy atom. The monoisotopic (exact) mass is 489 g/mol. The van der Waals surface area contributed by atoms with Gasteiger partial charge in [-0.15, -0.1) is 0 Å². The maximum atomic E-state index is 13.0. The van der Waals surface area contributed by atoms with Crippen LogP contribution in [0.15, 0.2) is 71.2 Å². The zero-order valence-corrected chi connectivity index (χ0v) is 19.9. The van der Waals surface area contributed by atoms with Crippen LogP contribution in [-0.4, -0.2) is 28.5 Å². The van der Waals surface area contributed by atoms with Crippen molar-refractivity contribution >= 4 is 49.3 Å². The molecule has 0 radical (unpaired) electrons. The van der Waals surface area contributed by atoms with Crippen LogP contribution in [0.3, 0.4) is 0 Å². The van der Waals surface area contributed by atoms with Crippen LogP contribution in [-0.2, 0) is 17.9 Å². The van der Waals surface area contributed by atoms with Crippen LogP contribution in [0.1, 0.15) is 25.3 Å². The molecule has 1 aliphatic rings. The molecule has 0 aliphatic carbocycles. The van der Waals surface area contributed by atoms with Gasteiger partial charge >= 0.3 is 0 Å². The Bertz CT molecular complexity index is 1270. The molecule has 5 rings (SSSR count). The first-order valence-corrected chi connectivity index (χ1v) is 12.2. The summed E-state index contributed by atoms with van der Waals surface area (Å²) in [6, 6.07) is 23.3. The largest absolute Gasteiger partial charge is 0.341 e. The van der Waals surface area contributed by atoms with Crippen LogP contribution in [0.5, 0.6) is 0 Å². The second kappa shape index (κ2) is 9.08. The molecule has 0 bridgehead atoms. The number of nitrogens with one attached hydrogen (secondary N) is 1. The van der Waals surface area contributed by atoms with E-state index in [0.29, 0.717) is 0 Å². The Morgan fingerprint density at radius 2 is 1.75 bits per heavy atom. The Labute approximate surface area is 197 Å². The average molecular weight is 490 g/mol. The summed E-state index contributed by atoms with van der Waals surface area (Å²) in [6.07, 6.45) is 1.80. The Morgan fingerprint density at radius 3 is 2.53 bits per heavy atom. The predicted molar refractivity (Wildman–Crippen MR) is 136 cm³/mol. The number of fused-ring (bicyclic) bond motifs is 3. The summed E-state index contributed by atoms with van der Waals surface area (Å²) in [5, 5.41) is 5.63. The van der Waals surface area contributed by atoms with Gasteiger partial charge in [0.1, 0.15) is 0 Å². The highest BCUT2D eigenvalue weighted by atomic mass is 79.9. The van der Waals surface area contributed by atoms with E-state index < -0.39 is 0 Å². The predicted octanol–water partition coefficient (Wildman–Crippen LogP) is 6.43. The van der Waals surface area contributed by atoms with Crippen molar-refractivity contribution in [3.8, 4) is 0 Å². The number of amides is 1. The standard InChI is InChI=1S/C27H28BrN3O/c1-2-31-25-9-4-3-8-23(25)24-17-22(10-11-26(24)31)29-27(32)20-12-14-30(15-13-20)18-19-6-5-7-21(28)16-19/h3-11,16-17,20H,2,12-15,18H2,1H3,(H,29,32). The van der Waals surface area contributed by atoms with Gasteiger partial charge in [-0.3, -0.25) is 9.69 Å². The lowest BCUT2D eigenvalue weighted by atomic mass is 9.95. The quantitative estimate of drug-likeness (QED) is 0.350. The highest BCUT2D eigenvalue weighted by Gasteiger charge is 2.25. The third kappa shape index (κ3) is 4.19. The van der Waals surface area contributed by atoms with Crippen LogP contribution < -0.4 is 5.32 Å². The van der Waals surface area contributed by atoms with Gasteiger partial charge in [0.05, 0.1) is 0 Å². The van der Waals surface area contributed by atoms with Crippen molar-refractivity contribution in [2.75, 3.05) is 18.4 Å². The lowest BCUT2D eigenvalue weighted by Gasteiger charge is -2.31. The summed E-state index contributed by atoms with van der Waals surface area (Å²) in [7, 11) is 0. The minimum absolute atomic E-state index is 0.0708. The van der Waals surface area contributed by atoms with Crippen molar-refractivity contribution in [1.82, 2.24) is 9.47 Å². The topological polar surface area (TPSA) is 37.3 Å². The number of piperidine rings is 1. The Balaban J connectivity index is 1.26. The van der Waals surface area contributed by atoms with Crippen LogP contribution >= 0.6 is 15.9 Å². The fourth-order valence-corrected chi connectivity index (χ4v) is 5.41. The normalized spacial score (nSPS) is 15.4. The highest BCUT2D eigenvalue weighted by molar-refractivity contribution is 9.10. The van der Waals surface area contributed by atoms with Crippen LogP contribution in [0.2, 0.25) is 0 Å². The molecule has 32 heavy (non-hydrogen) atoms. The molecule has 164 valence electrons. The summed E-state index contributed by atoms with van der Waals surface area (Å²) >= 11 is 3.55. The summed E-state index contributed by atoms with van der Waals surface area (Å²) in [5.41, 5.74) is 4.65. The maximum absolute atomic E-state index is 13.0. The lowest BCUT2D eigenvalue weighted by molar-refractivity contribution is -0.121. The second-order valence-corrected chi connectivity index (χ2v) is 9.58. The third-order valence-electron chi connectivity index (χ3n) is 6.61. The number of anilines is 1. The number of rotatable bonds is 5.